The van der Waals surface area contributed by atoms with Crippen LogP contribution in [-0.4, -0.2) is 23.8 Å². The maximum absolute atomic E-state index is 11.3. The van der Waals surface area contributed by atoms with Gasteiger partial charge in [-0.15, -0.1) is 0 Å². The van der Waals surface area contributed by atoms with E-state index in [4.69, 9.17) is 9.47 Å². The number of carboxylic acids is 1. The van der Waals surface area contributed by atoms with Crippen molar-refractivity contribution in [2.24, 2.45) is 0 Å². The lowest BCUT2D eigenvalue weighted by Gasteiger charge is -2.21. The van der Waals surface area contributed by atoms with E-state index in [1.165, 1.54) is 70.6 Å². The lowest BCUT2D eigenvalue weighted by molar-refractivity contribution is 0.0697. The van der Waals surface area contributed by atoms with Crippen molar-refractivity contribution in [3.8, 4) is 22.6 Å². The van der Waals surface area contributed by atoms with Gasteiger partial charge < -0.3 is 14.6 Å². The second-order valence-corrected chi connectivity index (χ2v) is 9.89. The van der Waals surface area contributed by atoms with E-state index in [9.17, 15) is 9.90 Å². The number of hydrogen-bond donors (Lipinski definition) is 1. The number of rotatable bonds is 20. The highest BCUT2D eigenvalue weighted by Crippen LogP contribution is 2.35. The smallest absolute Gasteiger partial charge is 0.335 e. The summed E-state index contributed by atoms with van der Waals surface area (Å²) in [6.07, 6.45) is 17.0. The van der Waals surface area contributed by atoms with Crippen LogP contribution >= 0.6 is 0 Å². The molecule has 0 spiro atoms. The van der Waals surface area contributed by atoms with Gasteiger partial charge in [-0.05, 0) is 61.9 Å². The zero-order valence-electron chi connectivity index (χ0n) is 22.9. The zero-order valence-corrected chi connectivity index (χ0v) is 22.9. The van der Waals surface area contributed by atoms with Gasteiger partial charge in [0.15, 0.2) is 0 Å². The van der Waals surface area contributed by atoms with E-state index < -0.39 is 5.97 Å². The monoisotopic (exact) mass is 496 g/mol. The van der Waals surface area contributed by atoms with Crippen LogP contribution < -0.4 is 9.47 Å². The molecule has 0 heterocycles. The molecule has 200 valence electrons. The van der Waals surface area contributed by atoms with Crippen molar-refractivity contribution < 1.29 is 19.4 Å². The van der Waals surface area contributed by atoms with Crippen molar-refractivity contribution in [2.75, 3.05) is 6.61 Å². The van der Waals surface area contributed by atoms with E-state index in [1.807, 2.05) is 24.3 Å². The van der Waals surface area contributed by atoms with Crippen molar-refractivity contribution in [2.45, 2.75) is 117 Å². The van der Waals surface area contributed by atoms with Crippen LogP contribution in [0.15, 0.2) is 42.5 Å². The van der Waals surface area contributed by atoms with Crippen LogP contribution in [0.4, 0.5) is 0 Å². The van der Waals surface area contributed by atoms with Gasteiger partial charge in [0.2, 0.25) is 0 Å². The fourth-order valence-electron chi connectivity index (χ4n) is 4.49. The number of aromatic carboxylic acids is 1. The molecule has 4 nitrogen and oxygen atoms in total. The molecule has 4 heteroatoms. The lowest BCUT2D eigenvalue weighted by Crippen LogP contribution is -2.16. The summed E-state index contributed by atoms with van der Waals surface area (Å²) in [5.74, 6) is 0.755. The summed E-state index contributed by atoms with van der Waals surface area (Å²) < 4.78 is 12.8. The van der Waals surface area contributed by atoms with Crippen molar-refractivity contribution in [3.63, 3.8) is 0 Å². The highest BCUT2D eigenvalue weighted by Gasteiger charge is 2.14. The Morgan fingerprint density at radius 1 is 0.750 bits per heavy atom. The Balaban J connectivity index is 2.17. The topological polar surface area (TPSA) is 55.8 Å². The van der Waals surface area contributed by atoms with Crippen LogP contribution in [0.2, 0.25) is 0 Å². The Kier molecular flexibility index (Phi) is 14.8. The molecule has 0 saturated heterocycles. The van der Waals surface area contributed by atoms with E-state index in [-0.39, 0.29) is 11.7 Å². The highest BCUT2D eigenvalue weighted by molar-refractivity contribution is 5.88. The van der Waals surface area contributed by atoms with Gasteiger partial charge in [0.1, 0.15) is 11.5 Å². The minimum atomic E-state index is -0.915. The summed E-state index contributed by atoms with van der Waals surface area (Å²) in [6.45, 7) is 7.38. The van der Waals surface area contributed by atoms with Gasteiger partial charge in [-0.25, -0.2) is 4.79 Å². The fourth-order valence-corrected chi connectivity index (χ4v) is 4.49. The molecule has 0 aromatic heterocycles. The maximum atomic E-state index is 11.3. The molecular formula is C32H48O4. The third-order valence-electron chi connectivity index (χ3n) is 6.71. The van der Waals surface area contributed by atoms with Crippen LogP contribution in [0.3, 0.4) is 0 Å². The predicted molar refractivity (Wildman–Crippen MR) is 150 cm³/mol. The Morgan fingerprint density at radius 3 is 1.97 bits per heavy atom. The minimum Gasteiger partial charge on any atom is -0.493 e. The molecule has 2 aromatic rings. The predicted octanol–water partition coefficient (Wildman–Crippen LogP) is 9.70. The molecule has 1 atom stereocenters. The number of carbonyl (C=O) groups is 1. The third-order valence-corrected chi connectivity index (χ3v) is 6.71. The van der Waals surface area contributed by atoms with E-state index >= 15 is 0 Å². The average Bonchev–Trinajstić information content (AvgIpc) is 2.89. The van der Waals surface area contributed by atoms with Gasteiger partial charge >= 0.3 is 5.97 Å². The summed E-state index contributed by atoms with van der Waals surface area (Å²) in [6, 6.07) is 13.1. The van der Waals surface area contributed by atoms with E-state index in [1.54, 1.807) is 12.1 Å². The first-order valence-electron chi connectivity index (χ1n) is 14.4. The molecule has 2 rings (SSSR count). The molecule has 0 aliphatic carbocycles. The second kappa shape index (κ2) is 17.9. The van der Waals surface area contributed by atoms with E-state index in [2.05, 4.69) is 26.8 Å². The fraction of sp³-hybridized carbons (Fsp3) is 0.594. The quantitative estimate of drug-likeness (QED) is 0.185. The van der Waals surface area contributed by atoms with Gasteiger partial charge in [0, 0.05) is 11.6 Å². The molecule has 1 N–H and O–H groups in total. The van der Waals surface area contributed by atoms with Gasteiger partial charge in [0.25, 0.3) is 0 Å². The largest absolute Gasteiger partial charge is 0.493 e. The lowest BCUT2D eigenvalue weighted by atomic mass is 10.0. The molecule has 0 amide bonds. The first kappa shape index (κ1) is 29.7. The zero-order chi connectivity index (χ0) is 26.0. The summed E-state index contributed by atoms with van der Waals surface area (Å²) in [4.78, 5) is 11.3. The van der Waals surface area contributed by atoms with Gasteiger partial charge in [0.05, 0.1) is 18.3 Å². The van der Waals surface area contributed by atoms with Crippen LogP contribution in [0.5, 0.6) is 11.5 Å². The second-order valence-electron chi connectivity index (χ2n) is 9.89. The van der Waals surface area contributed by atoms with Crippen molar-refractivity contribution in [1.29, 1.82) is 0 Å². The molecular weight excluding hydrogens is 448 g/mol. The molecule has 0 aliphatic rings. The van der Waals surface area contributed by atoms with Gasteiger partial charge in [-0.1, -0.05) is 90.7 Å². The molecule has 1 unspecified atom stereocenters. The minimum absolute atomic E-state index is 0.232. The molecule has 0 saturated carbocycles. The summed E-state index contributed by atoms with van der Waals surface area (Å²) >= 11 is 0. The van der Waals surface area contributed by atoms with Gasteiger partial charge in [-0.3, -0.25) is 0 Å². The number of benzene rings is 2. The molecule has 36 heavy (non-hydrogen) atoms. The van der Waals surface area contributed by atoms with Crippen molar-refractivity contribution >= 4 is 5.97 Å². The summed E-state index contributed by atoms with van der Waals surface area (Å²) in [5.41, 5.74) is 2.21. The molecule has 2 aromatic carbocycles. The normalized spacial score (nSPS) is 11.9. The summed E-state index contributed by atoms with van der Waals surface area (Å²) in [5, 5.41) is 9.25. The number of hydrogen-bond acceptors (Lipinski definition) is 3. The first-order valence-corrected chi connectivity index (χ1v) is 14.4. The standard InChI is InChI=1S/C32H48O4/c1-4-7-10-12-15-24-35-31-25-29(36-28(16-13-9-6-3)17-14-11-8-5-2)22-23-30(31)26-18-20-27(21-19-26)32(33)34/h18-23,25,28H,4-17,24H2,1-3H3,(H,33,34). The van der Waals surface area contributed by atoms with E-state index in [0.29, 0.717) is 6.61 Å². The first-order chi connectivity index (χ1) is 17.6. The number of unbranched alkanes of at least 4 members (excludes halogenated alkanes) is 9. The molecule has 0 bridgehead atoms. The molecule has 0 fully saturated rings. The SMILES string of the molecule is CCCCCCCOc1cc(OC(CCCCC)CCCCCC)ccc1-c1ccc(C(=O)O)cc1. The number of ether oxygens (including phenoxy) is 2. The third kappa shape index (κ3) is 11.1. The molecule has 0 aliphatic heterocycles. The Hall–Kier alpha value is -2.49. The van der Waals surface area contributed by atoms with Crippen LogP contribution in [0.1, 0.15) is 121 Å². The van der Waals surface area contributed by atoms with Crippen molar-refractivity contribution in [1.82, 2.24) is 0 Å². The Morgan fingerprint density at radius 2 is 1.33 bits per heavy atom. The highest BCUT2D eigenvalue weighted by atomic mass is 16.5. The average molecular weight is 497 g/mol. The van der Waals surface area contributed by atoms with Crippen molar-refractivity contribution in [3.05, 3.63) is 48.0 Å². The van der Waals surface area contributed by atoms with Crippen LogP contribution in [0, 0.1) is 0 Å². The maximum Gasteiger partial charge on any atom is 0.335 e. The van der Waals surface area contributed by atoms with Gasteiger partial charge in [-0.2, -0.15) is 0 Å². The number of carboxylic acid groups (broad SMARTS) is 1. The van der Waals surface area contributed by atoms with Crippen LogP contribution in [0.25, 0.3) is 11.1 Å². The Bertz CT molecular complexity index is 859. The van der Waals surface area contributed by atoms with E-state index in [0.717, 1.165) is 41.9 Å². The molecule has 0 radical (unpaired) electrons. The van der Waals surface area contributed by atoms with Crippen LogP contribution in [-0.2, 0) is 0 Å². The Labute approximate surface area is 219 Å². The summed E-state index contributed by atoms with van der Waals surface area (Å²) in [7, 11) is 0.